The Kier molecular flexibility index (Phi) is 5.44. The Morgan fingerprint density at radius 3 is 3.00 bits per heavy atom. The van der Waals surface area contributed by atoms with Crippen LogP contribution in [0.5, 0.6) is 5.75 Å². The summed E-state index contributed by atoms with van der Waals surface area (Å²) in [5, 5.41) is 3.44. The lowest BCUT2D eigenvalue weighted by molar-refractivity contribution is 0.0620. The molecule has 29 heavy (non-hydrogen) atoms. The lowest BCUT2D eigenvalue weighted by Crippen LogP contribution is -2.36. The standard InChI is InChI=1S/C22H27N3O3S/c1-14-6-4-5-9-25(14)13-16-12-23-21(29-16)24-20(27)15-7-8-19-17(10-15)18(26)11-22(2,3)28-19/h7-8,10,12,14H,4-6,9,11,13H2,1-3H3,(H,23,24,27). The first-order chi connectivity index (χ1) is 13.8. The van der Waals surface area contributed by atoms with E-state index in [9.17, 15) is 9.59 Å². The fourth-order valence-electron chi connectivity index (χ4n) is 3.99. The van der Waals surface area contributed by atoms with Gasteiger partial charge in [0.25, 0.3) is 5.91 Å². The fourth-order valence-corrected chi connectivity index (χ4v) is 4.83. The van der Waals surface area contributed by atoms with E-state index in [1.165, 1.54) is 30.6 Å². The zero-order valence-corrected chi connectivity index (χ0v) is 18.0. The number of Topliss-reactive ketones (excluding diaryl/α,β-unsaturated/α-hetero) is 1. The number of amides is 1. The second-order valence-corrected chi connectivity index (χ2v) is 9.69. The number of thiazole rings is 1. The van der Waals surface area contributed by atoms with Crippen molar-refractivity contribution in [2.75, 3.05) is 11.9 Å². The van der Waals surface area contributed by atoms with Gasteiger partial charge < -0.3 is 4.74 Å². The number of hydrogen-bond donors (Lipinski definition) is 1. The number of ether oxygens (including phenoxy) is 1. The number of nitrogens with zero attached hydrogens (tertiary/aromatic N) is 2. The summed E-state index contributed by atoms with van der Waals surface area (Å²) in [6.45, 7) is 8.03. The smallest absolute Gasteiger partial charge is 0.257 e. The molecule has 1 saturated heterocycles. The second kappa shape index (κ2) is 7.88. The van der Waals surface area contributed by atoms with Gasteiger partial charge in [0.2, 0.25) is 0 Å². The lowest BCUT2D eigenvalue weighted by atomic mass is 9.92. The molecule has 1 N–H and O–H groups in total. The summed E-state index contributed by atoms with van der Waals surface area (Å²) in [7, 11) is 0. The van der Waals surface area contributed by atoms with Crippen LogP contribution in [0.1, 0.15) is 72.0 Å². The fraction of sp³-hybridized carbons (Fsp3) is 0.500. The topological polar surface area (TPSA) is 71.5 Å². The Bertz CT molecular complexity index is 937. The Labute approximate surface area is 175 Å². The summed E-state index contributed by atoms with van der Waals surface area (Å²) in [5.74, 6) is 0.269. The van der Waals surface area contributed by atoms with Gasteiger partial charge in [-0.2, -0.15) is 0 Å². The quantitative estimate of drug-likeness (QED) is 0.798. The zero-order valence-electron chi connectivity index (χ0n) is 17.2. The number of rotatable bonds is 4. The third-order valence-electron chi connectivity index (χ3n) is 5.59. The van der Waals surface area contributed by atoms with Gasteiger partial charge in [0.15, 0.2) is 10.9 Å². The van der Waals surface area contributed by atoms with E-state index in [2.05, 4.69) is 22.1 Å². The number of ketones is 1. The van der Waals surface area contributed by atoms with Crippen LogP contribution in [0, 0.1) is 0 Å². The van der Waals surface area contributed by atoms with E-state index in [0.717, 1.165) is 18.0 Å². The van der Waals surface area contributed by atoms with Crippen LogP contribution in [0.2, 0.25) is 0 Å². The highest BCUT2D eigenvalue weighted by molar-refractivity contribution is 7.15. The molecule has 3 heterocycles. The Morgan fingerprint density at radius 2 is 2.21 bits per heavy atom. The van der Waals surface area contributed by atoms with Gasteiger partial charge in [-0.1, -0.05) is 6.42 Å². The molecule has 6 nitrogen and oxygen atoms in total. The van der Waals surface area contributed by atoms with Crippen LogP contribution >= 0.6 is 11.3 Å². The summed E-state index contributed by atoms with van der Waals surface area (Å²) in [5.41, 5.74) is 0.384. The SMILES string of the molecule is CC1CCCCN1Cc1cnc(NC(=O)c2ccc3c(c2)C(=O)CC(C)(C)O3)s1. The molecule has 1 amide bonds. The monoisotopic (exact) mass is 413 g/mol. The number of carbonyl (C=O) groups excluding carboxylic acids is 2. The Balaban J connectivity index is 1.43. The highest BCUT2D eigenvalue weighted by Crippen LogP contribution is 2.33. The number of hydrogen-bond acceptors (Lipinski definition) is 6. The minimum atomic E-state index is -0.517. The highest BCUT2D eigenvalue weighted by Gasteiger charge is 2.33. The van der Waals surface area contributed by atoms with Crippen molar-refractivity contribution >= 4 is 28.2 Å². The molecule has 2 aliphatic heterocycles. The summed E-state index contributed by atoms with van der Waals surface area (Å²) in [6.07, 6.45) is 5.92. The molecule has 1 unspecified atom stereocenters. The third-order valence-corrected chi connectivity index (χ3v) is 6.49. The molecule has 0 aliphatic carbocycles. The average Bonchev–Trinajstić information content (AvgIpc) is 3.09. The Morgan fingerprint density at radius 1 is 1.38 bits per heavy atom. The van der Waals surface area contributed by atoms with E-state index >= 15 is 0 Å². The molecule has 1 aromatic heterocycles. The van der Waals surface area contributed by atoms with E-state index in [-0.39, 0.29) is 11.7 Å². The van der Waals surface area contributed by atoms with Crippen LogP contribution in [0.3, 0.4) is 0 Å². The van der Waals surface area contributed by atoms with Crippen LogP contribution in [0.4, 0.5) is 5.13 Å². The molecular formula is C22H27N3O3S. The first kappa shape index (κ1) is 20.0. The van der Waals surface area contributed by atoms with E-state index in [1.807, 2.05) is 20.0 Å². The summed E-state index contributed by atoms with van der Waals surface area (Å²) in [6, 6.07) is 5.59. The second-order valence-electron chi connectivity index (χ2n) is 8.57. The molecule has 2 aromatic rings. The minimum Gasteiger partial charge on any atom is -0.487 e. The normalized spacial score (nSPS) is 21.3. The number of fused-ring (bicyclic) bond motifs is 1. The van der Waals surface area contributed by atoms with Crippen molar-refractivity contribution in [1.82, 2.24) is 9.88 Å². The van der Waals surface area contributed by atoms with Crippen LogP contribution in [0.25, 0.3) is 0 Å². The summed E-state index contributed by atoms with van der Waals surface area (Å²) in [4.78, 5) is 33.1. The van der Waals surface area contributed by atoms with Gasteiger partial charge in [-0.15, -0.1) is 11.3 Å². The highest BCUT2D eigenvalue weighted by atomic mass is 32.1. The number of piperidine rings is 1. The molecule has 1 fully saturated rings. The molecule has 0 radical (unpaired) electrons. The zero-order chi connectivity index (χ0) is 20.6. The van der Waals surface area contributed by atoms with Crippen molar-refractivity contribution in [3.8, 4) is 5.75 Å². The van der Waals surface area contributed by atoms with Crippen molar-refractivity contribution in [2.24, 2.45) is 0 Å². The number of carbonyl (C=O) groups is 2. The van der Waals surface area contributed by atoms with Gasteiger partial charge >= 0.3 is 0 Å². The largest absolute Gasteiger partial charge is 0.487 e. The molecule has 7 heteroatoms. The lowest BCUT2D eigenvalue weighted by Gasteiger charge is -2.32. The van der Waals surface area contributed by atoms with Gasteiger partial charge in [0, 0.05) is 29.2 Å². The van der Waals surface area contributed by atoms with E-state index in [4.69, 9.17) is 4.74 Å². The van der Waals surface area contributed by atoms with Crippen LogP contribution in [-0.2, 0) is 6.54 Å². The molecule has 0 saturated carbocycles. The number of likely N-dealkylation sites (tertiary alicyclic amines) is 1. The molecule has 154 valence electrons. The van der Waals surface area contributed by atoms with Crippen molar-refractivity contribution in [2.45, 2.75) is 64.6 Å². The van der Waals surface area contributed by atoms with Gasteiger partial charge in [-0.25, -0.2) is 4.98 Å². The van der Waals surface area contributed by atoms with E-state index in [1.54, 1.807) is 18.2 Å². The van der Waals surface area contributed by atoms with Crippen molar-refractivity contribution < 1.29 is 14.3 Å². The predicted molar refractivity (Wildman–Crippen MR) is 114 cm³/mol. The molecule has 4 rings (SSSR count). The maximum Gasteiger partial charge on any atom is 0.257 e. The number of anilines is 1. The van der Waals surface area contributed by atoms with Crippen LogP contribution < -0.4 is 10.1 Å². The van der Waals surface area contributed by atoms with Crippen molar-refractivity contribution in [3.05, 3.63) is 40.4 Å². The average molecular weight is 414 g/mol. The van der Waals surface area contributed by atoms with Crippen LogP contribution in [0.15, 0.2) is 24.4 Å². The van der Waals surface area contributed by atoms with Crippen molar-refractivity contribution in [1.29, 1.82) is 0 Å². The molecule has 1 aromatic carbocycles. The van der Waals surface area contributed by atoms with Gasteiger partial charge in [-0.05, 0) is 58.4 Å². The molecule has 2 aliphatic rings. The number of aromatic nitrogens is 1. The first-order valence-corrected chi connectivity index (χ1v) is 11.0. The molecule has 0 bridgehead atoms. The number of nitrogens with one attached hydrogen (secondary N) is 1. The maximum atomic E-state index is 12.7. The predicted octanol–water partition coefficient (Wildman–Crippen LogP) is 4.51. The van der Waals surface area contributed by atoms with E-state index < -0.39 is 5.60 Å². The first-order valence-electron chi connectivity index (χ1n) is 10.2. The van der Waals surface area contributed by atoms with Gasteiger partial charge in [0.05, 0.1) is 12.0 Å². The molecule has 1 atom stereocenters. The van der Waals surface area contributed by atoms with Gasteiger partial charge in [-0.3, -0.25) is 19.8 Å². The molecular weight excluding hydrogens is 386 g/mol. The molecule has 0 spiro atoms. The summed E-state index contributed by atoms with van der Waals surface area (Å²) >= 11 is 1.50. The van der Waals surface area contributed by atoms with Gasteiger partial charge in [0.1, 0.15) is 11.4 Å². The number of benzene rings is 1. The van der Waals surface area contributed by atoms with Crippen molar-refractivity contribution in [3.63, 3.8) is 0 Å². The third kappa shape index (κ3) is 4.51. The summed E-state index contributed by atoms with van der Waals surface area (Å²) < 4.78 is 5.86. The minimum absolute atomic E-state index is 0.00177. The Hall–Kier alpha value is -2.25. The van der Waals surface area contributed by atoms with Crippen LogP contribution in [-0.4, -0.2) is 39.8 Å². The maximum absolute atomic E-state index is 12.7. The van der Waals surface area contributed by atoms with E-state index in [0.29, 0.717) is 34.5 Å².